The zero-order valence-corrected chi connectivity index (χ0v) is 23.2. The molecule has 3 aromatic carbocycles. The molecular formula is C34H30N2O5. The molecule has 1 N–H and O–H groups in total. The first kappa shape index (κ1) is 26.4. The topological polar surface area (TPSA) is 102 Å². The fourth-order valence-corrected chi connectivity index (χ4v) is 6.29. The molecule has 0 radical (unpaired) electrons. The van der Waals surface area contributed by atoms with E-state index in [1.54, 1.807) is 23.9 Å². The summed E-state index contributed by atoms with van der Waals surface area (Å²) in [7, 11) is 1.73. The van der Waals surface area contributed by atoms with Gasteiger partial charge in [0.2, 0.25) is 0 Å². The third-order valence-corrected chi connectivity index (χ3v) is 8.26. The predicted octanol–water partition coefficient (Wildman–Crippen LogP) is 6.22. The summed E-state index contributed by atoms with van der Waals surface area (Å²) in [5, 5.41) is 19.3. The van der Waals surface area contributed by atoms with Crippen LogP contribution in [0, 0.1) is 25.2 Å². The van der Waals surface area contributed by atoms with Crippen molar-refractivity contribution >= 4 is 5.97 Å². The molecule has 0 saturated carbocycles. The van der Waals surface area contributed by atoms with Crippen molar-refractivity contribution in [1.29, 1.82) is 5.26 Å². The van der Waals surface area contributed by atoms with E-state index < -0.39 is 5.97 Å². The standard InChI is InChI=1S/C34H30N2O5/c1-19-12-23(21-10-11-36(3)31(37)14-21)13-20(2)33(19)34-22(17-35)4-6-27-28(34)8-9-29(27)41-25-5-7-26-24(15-32(38)39)18-40-30(26)16-25/h4-7,10-14,16,24,29H,8-9,15,18H2,1-3H3,(H,38,39). The summed E-state index contributed by atoms with van der Waals surface area (Å²) in [6, 6.07) is 19.7. The maximum atomic E-state index is 12.2. The van der Waals surface area contributed by atoms with Gasteiger partial charge in [0.1, 0.15) is 17.6 Å². The number of fused-ring (bicyclic) bond motifs is 2. The first-order valence-corrected chi connectivity index (χ1v) is 13.7. The highest BCUT2D eigenvalue weighted by molar-refractivity contribution is 5.83. The monoisotopic (exact) mass is 546 g/mol. The van der Waals surface area contributed by atoms with Gasteiger partial charge in [0.15, 0.2) is 0 Å². The van der Waals surface area contributed by atoms with Gasteiger partial charge in [-0.15, -0.1) is 0 Å². The molecule has 0 bridgehead atoms. The fraction of sp³-hybridized carbons (Fsp3) is 0.265. The second kappa shape index (κ2) is 10.3. The Bertz CT molecular complexity index is 1790. The van der Waals surface area contributed by atoms with E-state index in [0.29, 0.717) is 23.7 Å². The van der Waals surface area contributed by atoms with Gasteiger partial charge in [0, 0.05) is 42.4 Å². The van der Waals surface area contributed by atoms with Gasteiger partial charge in [0.05, 0.1) is 24.7 Å². The molecule has 0 fully saturated rings. The average molecular weight is 547 g/mol. The maximum Gasteiger partial charge on any atom is 0.304 e. The number of hydrogen-bond donors (Lipinski definition) is 1. The Morgan fingerprint density at radius 1 is 1.05 bits per heavy atom. The van der Waals surface area contributed by atoms with Crippen LogP contribution in [0.15, 0.2) is 65.6 Å². The summed E-state index contributed by atoms with van der Waals surface area (Å²) >= 11 is 0. The highest BCUT2D eigenvalue weighted by Crippen LogP contribution is 2.45. The van der Waals surface area contributed by atoms with E-state index in [2.05, 4.69) is 32.0 Å². The predicted molar refractivity (Wildman–Crippen MR) is 155 cm³/mol. The van der Waals surface area contributed by atoms with Crippen LogP contribution in [-0.4, -0.2) is 22.2 Å². The Morgan fingerprint density at radius 3 is 2.51 bits per heavy atom. The zero-order valence-electron chi connectivity index (χ0n) is 23.2. The number of nitrogens with zero attached hydrogens (tertiary/aromatic N) is 2. The van der Waals surface area contributed by atoms with Crippen LogP contribution in [0.5, 0.6) is 11.5 Å². The average Bonchev–Trinajstić information content (AvgIpc) is 3.53. The summed E-state index contributed by atoms with van der Waals surface area (Å²) < 4.78 is 13.8. The summed E-state index contributed by atoms with van der Waals surface area (Å²) in [6.45, 7) is 4.47. The molecule has 2 aliphatic rings. The number of rotatable bonds is 6. The lowest BCUT2D eigenvalue weighted by Crippen LogP contribution is -2.14. The summed E-state index contributed by atoms with van der Waals surface area (Å²) in [4.78, 5) is 23.4. The molecule has 0 saturated heterocycles. The Morgan fingerprint density at radius 2 is 1.80 bits per heavy atom. The van der Waals surface area contributed by atoms with Crippen LogP contribution < -0.4 is 15.0 Å². The number of nitriles is 1. The number of ether oxygens (including phenoxy) is 2. The molecule has 7 heteroatoms. The minimum Gasteiger partial charge on any atom is -0.492 e. The van der Waals surface area contributed by atoms with Crippen LogP contribution in [0.1, 0.15) is 58.2 Å². The summed E-state index contributed by atoms with van der Waals surface area (Å²) in [6.07, 6.45) is 3.20. The highest BCUT2D eigenvalue weighted by atomic mass is 16.5. The Hall–Kier alpha value is -4.83. The van der Waals surface area contributed by atoms with E-state index in [4.69, 9.17) is 9.47 Å². The lowest BCUT2D eigenvalue weighted by molar-refractivity contribution is -0.137. The number of aryl methyl sites for hydroxylation is 3. The van der Waals surface area contributed by atoms with E-state index in [-0.39, 0.29) is 24.0 Å². The lowest BCUT2D eigenvalue weighted by atomic mass is 9.85. The molecule has 2 heterocycles. The smallest absolute Gasteiger partial charge is 0.304 e. The number of aliphatic carboxylic acids is 1. The molecule has 4 aromatic rings. The van der Waals surface area contributed by atoms with Crippen LogP contribution in [0.3, 0.4) is 0 Å². The number of aromatic nitrogens is 1. The molecule has 1 aliphatic carbocycles. The molecular weight excluding hydrogens is 516 g/mol. The first-order chi connectivity index (χ1) is 19.7. The van der Waals surface area contributed by atoms with E-state index in [9.17, 15) is 20.0 Å². The van der Waals surface area contributed by atoms with Crippen molar-refractivity contribution in [2.45, 2.75) is 45.1 Å². The number of pyridine rings is 1. The van der Waals surface area contributed by atoms with Gasteiger partial charge in [0.25, 0.3) is 5.56 Å². The van der Waals surface area contributed by atoms with Crippen molar-refractivity contribution in [3.63, 3.8) is 0 Å². The fourth-order valence-electron chi connectivity index (χ4n) is 6.29. The number of benzene rings is 3. The van der Waals surface area contributed by atoms with Gasteiger partial charge in [-0.25, -0.2) is 0 Å². The van der Waals surface area contributed by atoms with E-state index in [1.807, 2.05) is 36.4 Å². The van der Waals surface area contributed by atoms with Crippen molar-refractivity contribution < 1.29 is 19.4 Å². The number of carboxylic acids is 1. The third-order valence-electron chi connectivity index (χ3n) is 8.26. The van der Waals surface area contributed by atoms with E-state index in [1.165, 1.54) is 0 Å². The second-order valence-electron chi connectivity index (χ2n) is 11.0. The van der Waals surface area contributed by atoms with E-state index in [0.717, 1.165) is 62.9 Å². The first-order valence-electron chi connectivity index (χ1n) is 13.7. The molecule has 6 rings (SSSR count). The van der Waals surface area contributed by atoms with Crippen molar-refractivity contribution in [2.24, 2.45) is 7.05 Å². The van der Waals surface area contributed by atoms with Crippen LogP contribution in [-0.2, 0) is 18.3 Å². The molecule has 0 amide bonds. The van der Waals surface area contributed by atoms with Crippen LogP contribution in [0.2, 0.25) is 0 Å². The van der Waals surface area contributed by atoms with Crippen LogP contribution >= 0.6 is 0 Å². The minimum atomic E-state index is -0.840. The van der Waals surface area contributed by atoms with Crippen molar-refractivity contribution in [3.05, 3.63) is 105 Å². The molecule has 41 heavy (non-hydrogen) atoms. The highest BCUT2D eigenvalue weighted by Gasteiger charge is 2.31. The quantitative estimate of drug-likeness (QED) is 0.308. The molecule has 7 nitrogen and oxygen atoms in total. The summed E-state index contributed by atoms with van der Waals surface area (Å²) in [5.41, 5.74) is 9.59. The molecule has 1 aromatic heterocycles. The normalized spacial score (nSPS) is 16.9. The zero-order chi connectivity index (χ0) is 28.8. The molecule has 1 aliphatic heterocycles. The van der Waals surface area contributed by atoms with Gasteiger partial charge < -0.3 is 19.1 Å². The van der Waals surface area contributed by atoms with Crippen molar-refractivity contribution in [2.75, 3.05) is 6.61 Å². The maximum absolute atomic E-state index is 12.2. The van der Waals surface area contributed by atoms with E-state index >= 15 is 0 Å². The number of carboxylic acid groups (broad SMARTS) is 1. The Labute approximate surface area is 238 Å². The number of hydrogen-bond acceptors (Lipinski definition) is 5. The minimum absolute atomic E-state index is 0.0385. The third kappa shape index (κ3) is 4.76. The molecule has 0 spiro atoms. The van der Waals surface area contributed by atoms with Crippen LogP contribution in [0.25, 0.3) is 22.3 Å². The lowest BCUT2D eigenvalue weighted by Gasteiger charge is -2.19. The largest absolute Gasteiger partial charge is 0.492 e. The SMILES string of the molecule is Cc1cc(-c2ccn(C)c(=O)c2)cc(C)c1-c1c(C#N)ccc2c1CCC2Oc1ccc2c(c1)OCC2CC(=O)O. The molecule has 2 unspecified atom stereocenters. The van der Waals surface area contributed by atoms with Crippen LogP contribution in [0.4, 0.5) is 0 Å². The summed E-state index contributed by atoms with van der Waals surface area (Å²) in [5.74, 6) is 0.359. The van der Waals surface area contributed by atoms with Gasteiger partial charge in [-0.2, -0.15) is 5.26 Å². The Kier molecular flexibility index (Phi) is 6.63. The van der Waals surface area contributed by atoms with Gasteiger partial charge >= 0.3 is 5.97 Å². The van der Waals surface area contributed by atoms with Gasteiger partial charge in [-0.05, 0) is 83.8 Å². The second-order valence-corrected chi connectivity index (χ2v) is 11.0. The van der Waals surface area contributed by atoms with Crippen molar-refractivity contribution in [1.82, 2.24) is 4.57 Å². The Balaban J connectivity index is 1.34. The van der Waals surface area contributed by atoms with Gasteiger partial charge in [-0.3, -0.25) is 9.59 Å². The molecule has 2 atom stereocenters. The number of carbonyl (C=O) groups is 1. The van der Waals surface area contributed by atoms with Gasteiger partial charge in [-0.1, -0.05) is 24.3 Å². The molecule has 206 valence electrons. The van der Waals surface area contributed by atoms with Crippen molar-refractivity contribution in [3.8, 4) is 39.8 Å².